The average molecular weight is 347 g/mol. The topological polar surface area (TPSA) is 72.4 Å². The maximum atomic E-state index is 12.9. The highest BCUT2D eigenvalue weighted by Crippen LogP contribution is 2.26. The van der Waals surface area contributed by atoms with Crippen LogP contribution >= 0.6 is 0 Å². The third kappa shape index (κ3) is 3.42. The molecule has 7 heteroatoms. The van der Waals surface area contributed by atoms with E-state index in [1.807, 2.05) is 26.0 Å². The molecule has 0 bridgehead atoms. The van der Waals surface area contributed by atoms with Gasteiger partial charge in [0.25, 0.3) is 0 Å². The number of aromatic nitrogens is 2. The molecule has 1 aliphatic heterocycles. The van der Waals surface area contributed by atoms with Crippen molar-refractivity contribution in [3.63, 3.8) is 0 Å². The summed E-state index contributed by atoms with van der Waals surface area (Å²) in [6.07, 6.45) is 2.09. The molecule has 1 aromatic heterocycles. The van der Waals surface area contributed by atoms with Gasteiger partial charge in [0.2, 0.25) is 15.9 Å². The minimum atomic E-state index is -3.50. The van der Waals surface area contributed by atoms with Crippen LogP contribution in [0.2, 0.25) is 0 Å². The summed E-state index contributed by atoms with van der Waals surface area (Å²) < 4.78 is 33.1. The predicted octanol–water partition coefficient (Wildman–Crippen LogP) is 2.24. The molecule has 1 fully saturated rings. The molecule has 6 nitrogen and oxygen atoms in total. The molecule has 1 atom stereocenters. The van der Waals surface area contributed by atoms with E-state index < -0.39 is 10.0 Å². The van der Waals surface area contributed by atoms with Crippen LogP contribution in [0.4, 0.5) is 0 Å². The fraction of sp³-hybridized carbons (Fsp3) is 0.412. The van der Waals surface area contributed by atoms with E-state index >= 15 is 0 Å². The van der Waals surface area contributed by atoms with Gasteiger partial charge in [0, 0.05) is 18.8 Å². The van der Waals surface area contributed by atoms with Crippen molar-refractivity contribution in [2.24, 2.45) is 0 Å². The molecular formula is C17H21N3O3S. The van der Waals surface area contributed by atoms with E-state index in [1.54, 1.807) is 25.3 Å². The predicted molar refractivity (Wildman–Crippen MR) is 90.5 cm³/mol. The van der Waals surface area contributed by atoms with Gasteiger partial charge in [0.15, 0.2) is 0 Å². The Morgan fingerprint density at radius 1 is 1.21 bits per heavy atom. The third-order valence-electron chi connectivity index (χ3n) is 4.11. The van der Waals surface area contributed by atoms with Crippen LogP contribution in [0.5, 0.6) is 5.88 Å². The number of nitrogens with zero attached hydrogens (tertiary/aromatic N) is 3. The highest BCUT2D eigenvalue weighted by molar-refractivity contribution is 7.89. The zero-order valence-corrected chi connectivity index (χ0v) is 14.9. The van der Waals surface area contributed by atoms with E-state index in [1.165, 1.54) is 4.31 Å². The number of sulfonamides is 1. The highest BCUT2D eigenvalue weighted by Gasteiger charge is 2.34. The van der Waals surface area contributed by atoms with Crippen LogP contribution in [0.15, 0.2) is 35.4 Å². The van der Waals surface area contributed by atoms with Crippen molar-refractivity contribution in [3.05, 3.63) is 47.4 Å². The molecule has 0 saturated carbocycles. The second-order valence-electron chi connectivity index (χ2n) is 6.10. The quantitative estimate of drug-likeness (QED) is 0.848. The van der Waals surface area contributed by atoms with E-state index in [4.69, 9.17) is 4.74 Å². The Labute approximate surface area is 142 Å². The maximum absolute atomic E-state index is 12.9. The lowest BCUT2D eigenvalue weighted by molar-refractivity contribution is 0.206. The largest absolute Gasteiger partial charge is 0.473 e. The second-order valence-corrected chi connectivity index (χ2v) is 8.01. The second kappa shape index (κ2) is 6.49. The normalized spacial score (nSPS) is 18.7. The molecule has 0 spiro atoms. The average Bonchev–Trinajstić information content (AvgIpc) is 2.99. The van der Waals surface area contributed by atoms with Crippen molar-refractivity contribution in [1.29, 1.82) is 0 Å². The number of benzene rings is 1. The Morgan fingerprint density at radius 2 is 2.00 bits per heavy atom. The first-order chi connectivity index (χ1) is 11.4. The van der Waals surface area contributed by atoms with E-state index in [0.29, 0.717) is 36.1 Å². The zero-order chi connectivity index (χ0) is 17.3. The van der Waals surface area contributed by atoms with Crippen LogP contribution in [-0.4, -0.2) is 41.9 Å². The van der Waals surface area contributed by atoms with Gasteiger partial charge in [-0.3, -0.25) is 0 Å². The Hall–Kier alpha value is -1.99. The summed E-state index contributed by atoms with van der Waals surface area (Å²) in [6, 6.07) is 7.18. The molecule has 1 aliphatic rings. The molecule has 1 aromatic carbocycles. The van der Waals surface area contributed by atoms with Crippen molar-refractivity contribution >= 4 is 10.0 Å². The van der Waals surface area contributed by atoms with Crippen LogP contribution in [0.1, 0.15) is 23.4 Å². The van der Waals surface area contributed by atoms with E-state index in [-0.39, 0.29) is 6.10 Å². The fourth-order valence-electron chi connectivity index (χ4n) is 2.81. The minimum Gasteiger partial charge on any atom is -0.473 e. The summed E-state index contributed by atoms with van der Waals surface area (Å²) in [5.74, 6) is 1.11. The number of aryl methyl sites for hydroxylation is 3. The molecule has 0 radical (unpaired) electrons. The van der Waals surface area contributed by atoms with Gasteiger partial charge in [0.1, 0.15) is 11.9 Å². The van der Waals surface area contributed by atoms with Crippen LogP contribution in [0.3, 0.4) is 0 Å². The smallest absolute Gasteiger partial charge is 0.243 e. The number of rotatable bonds is 4. The van der Waals surface area contributed by atoms with E-state index in [2.05, 4.69) is 9.97 Å². The lowest BCUT2D eigenvalue weighted by Crippen LogP contribution is -2.31. The maximum Gasteiger partial charge on any atom is 0.243 e. The Balaban J connectivity index is 1.76. The van der Waals surface area contributed by atoms with Crippen LogP contribution in [-0.2, 0) is 10.0 Å². The first-order valence-electron chi connectivity index (χ1n) is 7.90. The van der Waals surface area contributed by atoms with Crippen molar-refractivity contribution in [3.8, 4) is 5.88 Å². The summed E-state index contributed by atoms with van der Waals surface area (Å²) >= 11 is 0. The molecule has 0 amide bonds. The first kappa shape index (κ1) is 16.9. The molecule has 3 rings (SSSR count). The molecule has 128 valence electrons. The van der Waals surface area contributed by atoms with Crippen molar-refractivity contribution in [1.82, 2.24) is 14.3 Å². The summed E-state index contributed by atoms with van der Waals surface area (Å²) in [7, 11) is -3.50. The Bertz CT molecular complexity index is 852. The molecule has 0 aliphatic carbocycles. The molecule has 1 saturated heterocycles. The fourth-order valence-corrected chi connectivity index (χ4v) is 4.60. The van der Waals surface area contributed by atoms with Crippen molar-refractivity contribution < 1.29 is 13.2 Å². The molecule has 0 N–H and O–H groups in total. The molecule has 2 heterocycles. The van der Waals surface area contributed by atoms with E-state index in [9.17, 15) is 8.42 Å². The number of hydrogen-bond acceptors (Lipinski definition) is 5. The van der Waals surface area contributed by atoms with Gasteiger partial charge in [-0.1, -0.05) is 12.1 Å². The highest BCUT2D eigenvalue weighted by atomic mass is 32.2. The lowest BCUT2D eigenvalue weighted by Gasteiger charge is -2.18. The number of ether oxygens (including phenoxy) is 1. The van der Waals surface area contributed by atoms with Gasteiger partial charge >= 0.3 is 0 Å². The minimum absolute atomic E-state index is 0.195. The molecule has 0 unspecified atom stereocenters. The van der Waals surface area contributed by atoms with Crippen molar-refractivity contribution in [2.75, 3.05) is 13.1 Å². The van der Waals surface area contributed by atoms with E-state index in [0.717, 1.165) is 11.1 Å². The van der Waals surface area contributed by atoms with Gasteiger partial charge in [-0.25, -0.2) is 13.4 Å². The molecule has 24 heavy (non-hydrogen) atoms. The Morgan fingerprint density at radius 3 is 2.75 bits per heavy atom. The van der Waals surface area contributed by atoms with Gasteiger partial charge in [-0.2, -0.15) is 9.29 Å². The number of hydrogen-bond donors (Lipinski definition) is 0. The lowest BCUT2D eigenvalue weighted by atomic mass is 10.2. The standard InChI is InChI=1S/C17H21N3O3S/c1-12-4-5-13(2)16(10-12)24(21,22)20-9-7-15(11-20)23-17-6-8-18-14(3)19-17/h4-6,8,10,15H,7,9,11H2,1-3H3/t15-/m1/s1. The summed E-state index contributed by atoms with van der Waals surface area (Å²) in [5.41, 5.74) is 1.69. The first-order valence-corrected chi connectivity index (χ1v) is 9.34. The molecule has 2 aromatic rings. The van der Waals surface area contributed by atoms with Crippen molar-refractivity contribution in [2.45, 2.75) is 38.2 Å². The summed E-state index contributed by atoms with van der Waals surface area (Å²) in [5, 5.41) is 0. The van der Waals surface area contributed by atoms with Gasteiger partial charge < -0.3 is 4.74 Å². The summed E-state index contributed by atoms with van der Waals surface area (Å²) in [4.78, 5) is 8.61. The van der Waals surface area contributed by atoms with Crippen LogP contribution in [0, 0.1) is 20.8 Å². The monoisotopic (exact) mass is 347 g/mol. The zero-order valence-electron chi connectivity index (χ0n) is 14.1. The Kier molecular flexibility index (Phi) is 4.56. The SMILES string of the molecule is Cc1ccc(C)c(S(=O)(=O)N2CC[C@@H](Oc3ccnc(C)n3)C2)c1. The van der Waals surface area contributed by atoms with Gasteiger partial charge in [0.05, 0.1) is 11.4 Å². The third-order valence-corrected chi connectivity index (χ3v) is 6.11. The summed E-state index contributed by atoms with van der Waals surface area (Å²) in [6.45, 7) is 6.29. The van der Waals surface area contributed by atoms with Gasteiger partial charge in [-0.15, -0.1) is 0 Å². The van der Waals surface area contributed by atoms with Crippen LogP contribution in [0.25, 0.3) is 0 Å². The molecular weight excluding hydrogens is 326 g/mol. The van der Waals surface area contributed by atoms with Crippen LogP contribution < -0.4 is 4.74 Å². The van der Waals surface area contributed by atoms with Gasteiger partial charge in [-0.05, 0) is 44.4 Å².